The molecule has 0 radical (unpaired) electrons. The monoisotopic (exact) mass is 251 g/mol. The molecule has 0 aliphatic carbocycles. The molecule has 0 saturated carbocycles. The molecule has 1 aromatic carbocycles. The average Bonchev–Trinajstić information content (AvgIpc) is 2.43. The SMILES string of the molecule is CCCCCOCCC(N)(CO)c1ccccc1. The molecule has 1 atom stereocenters. The maximum atomic E-state index is 9.50. The fraction of sp³-hybridized carbons (Fsp3) is 0.600. The van der Waals surface area contributed by atoms with Crippen LogP contribution in [0.15, 0.2) is 30.3 Å². The van der Waals surface area contributed by atoms with Crippen molar-refractivity contribution in [1.29, 1.82) is 0 Å². The molecule has 0 spiro atoms. The lowest BCUT2D eigenvalue weighted by atomic mass is 9.89. The van der Waals surface area contributed by atoms with Gasteiger partial charge >= 0.3 is 0 Å². The van der Waals surface area contributed by atoms with Gasteiger partial charge < -0.3 is 15.6 Å². The number of hydrogen-bond acceptors (Lipinski definition) is 3. The van der Waals surface area contributed by atoms with Crippen molar-refractivity contribution in [3.63, 3.8) is 0 Å². The van der Waals surface area contributed by atoms with E-state index >= 15 is 0 Å². The molecule has 102 valence electrons. The van der Waals surface area contributed by atoms with Crippen molar-refractivity contribution in [3.05, 3.63) is 35.9 Å². The van der Waals surface area contributed by atoms with Crippen LogP contribution >= 0.6 is 0 Å². The van der Waals surface area contributed by atoms with Crippen LogP contribution < -0.4 is 5.73 Å². The van der Waals surface area contributed by atoms with Crippen molar-refractivity contribution >= 4 is 0 Å². The second kappa shape index (κ2) is 8.25. The molecule has 1 unspecified atom stereocenters. The van der Waals surface area contributed by atoms with E-state index in [9.17, 15) is 5.11 Å². The summed E-state index contributed by atoms with van der Waals surface area (Å²) in [6, 6.07) is 9.73. The van der Waals surface area contributed by atoms with Crippen LogP contribution in [-0.2, 0) is 10.3 Å². The van der Waals surface area contributed by atoms with Gasteiger partial charge in [-0.05, 0) is 18.4 Å². The Balaban J connectivity index is 2.37. The Morgan fingerprint density at radius 1 is 1.17 bits per heavy atom. The van der Waals surface area contributed by atoms with E-state index in [-0.39, 0.29) is 6.61 Å². The highest BCUT2D eigenvalue weighted by molar-refractivity contribution is 5.23. The number of hydrogen-bond donors (Lipinski definition) is 2. The van der Waals surface area contributed by atoms with Gasteiger partial charge in [-0.2, -0.15) is 0 Å². The van der Waals surface area contributed by atoms with E-state index in [1.165, 1.54) is 12.8 Å². The Labute approximate surface area is 110 Å². The molecule has 0 aliphatic heterocycles. The summed E-state index contributed by atoms with van der Waals surface area (Å²) in [5.74, 6) is 0. The van der Waals surface area contributed by atoms with Crippen molar-refractivity contribution < 1.29 is 9.84 Å². The third-order valence-corrected chi connectivity index (χ3v) is 3.22. The summed E-state index contributed by atoms with van der Waals surface area (Å²) in [4.78, 5) is 0. The Morgan fingerprint density at radius 2 is 1.89 bits per heavy atom. The third kappa shape index (κ3) is 4.77. The van der Waals surface area contributed by atoms with Crippen LogP contribution in [0.1, 0.15) is 38.2 Å². The summed E-state index contributed by atoms with van der Waals surface area (Å²) in [6.07, 6.45) is 4.13. The van der Waals surface area contributed by atoms with Crippen LogP contribution in [0.4, 0.5) is 0 Å². The summed E-state index contributed by atoms with van der Waals surface area (Å²) < 4.78 is 5.56. The van der Waals surface area contributed by atoms with Crippen molar-refractivity contribution in [2.24, 2.45) is 5.73 Å². The zero-order valence-electron chi connectivity index (χ0n) is 11.3. The van der Waals surface area contributed by atoms with E-state index in [4.69, 9.17) is 10.5 Å². The maximum Gasteiger partial charge on any atom is 0.0666 e. The van der Waals surface area contributed by atoms with Gasteiger partial charge in [-0.25, -0.2) is 0 Å². The molecule has 1 aromatic rings. The first-order valence-electron chi connectivity index (χ1n) is 6.76. The van der Waals surface area contributed by atoms with E-state index in [1.807, 2.05) is 30.3 Å². The van der Waals surface area contributed by atoms with Crippen molar-refractivity contribution in [1.82, 2.24) is 0 Å². The zero-order chi connectivity index (χ0) is 13.3. The van der Waals surface area contributed by atoms with E-state index in [1.54, 1.807) is 0 Å². The molecule has 0 fully saturated rings. The molecule has 0 bridgehead atoms. The summed E-state index contributed by atoms with van der Waals surface area (Å²) in [6.45, 7) is 3.49. The first kappa shape index (κ1) is 15.2. The standard InChI is InChI=1S/C15H25NO2/c1-2-3-7-11-18-12-10-15(16,13-17)14-8-5-4-6-9-14/h4-6,8-9,17H,2-3,7,10-13,16H2,1H3. The summed E-state index contributed by atoms with van der Waals surface area (Å²) in [5.41, 5.74) is 6.50. The van der Waals surface area contributed by atoms with Gasteiger partial charge in [0.25, 0.3) is 0 Å². The Kier molecular flexibility index (Phi) is 6.94. The van der Waals surface area contributed by atoms with Crippen molar-refractivity contribution in [2.45, 2.75) is 38.1 Å². The zero-order valence-corrected chi connectivity index (χ0v) is 11.3. The molecular formula is C15H25NO2. The first-order chi connectivity index (χ1) is 8.73. The number of benzene rings is 1. The number of ether oxygens (including phenoxy) is 1. The Morgan fingerprint density at radius 3 is 2.50 bits per heavy atom. The van der Waals surface area contributed by atoms with Gasteiger partial charge in [0, 0.05) is 13.2 Å². The van der Waals surface area contributed by atoms with Gasteiger partial charge in [0.1, 0.15) is 0 Å². The van der Waals surface area contributed by atoms with E-state index in [2.05, 4.69) is 6.92 Å². The second-order valence-corrected chi connectivity index (χ2v) is 4.75. The third-order valence-electron chi connectivity index (χ3n) is 3.22. The highest BCUT2D eigenvalue weighted by atomic mass is 16.5. The van der Waals surface area contributed by atoms with Crippen molar-refractivity contribution in [3.8, 4) is 0 Å². The molecule has 0 amide bonds. The number of nitrogens with two attached hydrogens (primary N) is 1. The molecule has 0 aromatic heterocycles. The summed E-state index contributed by atoms with van der Waals surface area (Å²) >= 11 is 0. The van der Waals surface area contributed by atoms with Gasteiger partial charge in [-0.15, -0.1) is 0 Å². The molecule has 18 heavy (non-hydrogen) atoms. The smallest absolute Gasteiger partial charge is 0.0666 e. The minimum Gasteiger partial charge on any atom is -0.394 e. The summed E-state index contributed by atoms with van der Waals surface area (Å²) in [5, 5.41) is 9.50. The normalized spacial score (nSPS) is 14.4. The number of unbranched alkanes of at least 4 members (excludes halogenated alkanes) is 2. The highest BCUT2D eigenvalue weighted by Crippen LogP contribution is 2.21. The minimum absolute atomic E-state index is 0.0602. The lowest BCUT2D eigenvalue weighted by Crippen LogP contribution is -2.41. The number of aliphatic hydroxyl groups is 1. The molecule has 0 saturated heterocycles. The second-order valence-electron chi connectivity index (χ2n) is 4.75. The largest absolute Gasteiger partial charge is 0.394 e. The lowest BCUT2D eigenvalue weighted by Gasteiger charge is -2.27. The summed E-state index contributed by atoms with van der Waals surface area (Å²) in [7, 11) is 0. The van der Waals surface area contributed by atoms with E-state index in [0.29, 0.717) is 13.0 Å². The molecule has 3 nitrogen and oxygen atoms in total. The number of rotatable bonds is 9. The van der Waals surface area contributed by atoms with Gasteiger partial charge in [0.05, 0.1) is 12.1 Å². The predicted octanol–water partition coefficient (Wildman–Crippen LogP) is 2.43. The Hall–Kier alpha value is -0.900. The fourth-order valence-corrected chi connectivity index (χ4v) is 1.90. The fourth-order valence-electron chi connectivity index (χ4n) is 1.90. The lowest BCUT2D eigenvalue weighted by molar-refractivity contribution is 0.0919. The molecule has 3 heteroatoms. The van der Waals surface area contributed by atoms with Gasteiger partial charge in [0.2, 0.25) is 0 Å². The van der Waals surface area contributed by atoms with Crippen LogP contribution in [0.3, 0.4) is 0 Å². The van der Waals surface area contributed by atoms with Gasteiger partial charge in [-0.1, -0.05) is 50.1 Å². The van der Waals surface area contributed by atoms with E-state index < -0.39 is 5.54 Å². The average molecular weight is 251 g/mol. The molecule has 1 rings (SSSR count). The van der Waals surface area contributed by atoms with Crippen LogP contribution in [-0.4, -0.2) is 24.9 Å². The van der Waals surface area contributed by atoms with Crippen LogP contribution in [0.2, 0.25) is 0 Å². The van der Waals surface area contributed by atoms with Crippen LogP contribution in [0.25, 0.3) is 0 Å². The van der Waals surface area contributed by atoms with Gasteiger partial charge in [0.15, 0.2) is 0 Å². The molecular weight excluding hydrogens is 226 g/mol. The Bertz CT molecular complexity index is 316. The topological polar surface area (TPSA) is 55.5 Å². The molecule has 3 N–H and O–H groups in total. The highest BCUT2D eigenvalue weighted by Gasteiger charge is 2.25. The maximum absolute atomic E-state index is 9.50. The first-order valence-corrected chi connectivity index (χ1v) is 6.76. The predicted molar refractivity (Wildman–Crippen MR) is 74.4 cm³/mol. The number of aliphatic hydroxyl groups excluding tert-OH is 1. The van der Waals surface area contributed by atoms with Crippen LogP contribution in [0, 0.1) is 0 Å². The van der Waals surface area contributed by atoms with Crippen LogP contribution in [0.5, 0.6) is 0 Å². The van der Waals surface area contributed by atoms with Gasteiger partial charge in [-0.3, -0.25) is 0 Å². The molecule has 0 aliphatic rings. The quantitative estimate of drug-likeness (QED) is 0.663. The minimum atomic E-state index is -0.688. The molecule has 0 heterocycles. The van der Waals surface area contributed by atoms with E-state index in [0.717, 1.165) is 18.6 Å². The van der Waals surface area contributed by atoms with Crippen molar-refractivity contribution in [2.75, 3.05) is 19.8 Å².